The highest BCUT2D eigenvalue weighted by molar-refractivity contribution is 6.10. The van der Waals surface area contributed by atoms with E-state index in [1.54, 1.807) is 36.7 Å². The van der Waals surface area contributed by atoms with Crippen LogP contribution in [-0.2, 0) is 31.1 Å². The highest BCUT2D eigenvalue weighted by Crippen LogP contribution is 2.40. The predicted molar refractivity (Wildman–Crippen MR) is 164 cm³/mol. The molecule has 2 fully saturated rings. The van der Waals surface area contributed by atoms with Crippen molar-refractivity contribution in [1.82, 2.24) is 25.0 Å². The van der Waals surface area contributed by atoms with Gasteiger partial charge in [0.2, 0.25) is 0 Å². The van der Waals surface area contributed by atoms with Gasteiger partial charge in [-0.05, 0) is 86.7 Å². The number of alkyl halides is 3. The Morgan fingerprint density at radius 3 is 2.39 bits per heavy atom. The van der Waals surface area contributed by atoms with Gasteiger partial charge in [-0.1, -0.05) is 31.7 Å². The molecule has 1 saturated heterocycles. The maximum Gasteiger partial charge on any atom is 0.416 e. The summed E-state index contributed by atoms with van der Waals surface area (Å²) in [5, 5.41) is 11.2. The number of benzene rings is 2. The second-order valence-corrected chi connectivity index (χ2v) is 11.7. The molecule has 2 aliphatic heterocycles. The van der Waals surface area contributed by atoms with E-state index in [-0.39, 0.29) is 23.6 Å². The molecule has 236 valence electrons. The molecule has 1 aromatic heterocycles. The number of aldehydes is 1. The van der Waals surface area contributed by atoms with Crippen molar-refractivity contribution in [2.75, 3.05) is 25.0 Å². The number of likely N-dealkylation sites (tertiary alicyclic amines) is 1. The molecule has 1 N–H and O–H groups in total. The molecule has 1 unspecified atom stereocenters. The van der Waals surface area contributed by atoms with Crippen molar-refractivity contribution in [2.45, 2.75) is 63.8 Å². The Bertz CT molecular complexity index is 1410. The fraction of sp³-hybridized carbons (Fsp3) is 0.455. The Morgan fingerprint density at radius 2 is 1.84 bits per heavy atom. The lowest BCUT2D eigenvalue weighted by Gasteiger charge is -2.31. The van der Waals surface area contributed by atoms with Gasteiger partial charge in [0.05, 0.1) is 12.1 Å². The van der Waals surface area contributed by atoms with Gasteiger partial charge < -0.3 is 19.7 Å². The number of para-hydroxylation sites is 1. The number of rotatable bonds is 7. The van der Waals surface area contributed by atoms with Crippen LogP contribution in [0.5, 0.6) is 0 Å². The molecule has 2 aromatic carbocycles. The third-order valence-electron chi connectivity index (χ3n) is 8.44. The van der Waals surface area contributed by atoms with E-state index in [0.717, 1.165) is 37.7 Å². The van der Waals surface area contributed by atoms with Crippen molar-refractivity contribution < 1.29 is 22.8 Å². The smallest absolute Gasteiger partial charge is 0.320 e. The fourth-order valence-corrected chi connectivity index (χ4v) is 6.03. The molecular formula is C33H41F3N6O2. The van der Waals surface area contributed by atoms with E-state index in [2.05, 4.69) is 41.0 Å². The van der Waals surface area contributed by atoms with Crippen LogP contribution in [0.1, 0.15) is 71.4 Å². The number of nitrogens with zero attached hydrogens (tertiary/aromatic N) is 5. The molecule has 6 rings (SSSR count). The van der Waals surface area contributed by atoms with E-state index in [9.17, 15) is 18.0 Å². The summed E-state index contributed by atoms with van der Waals surface area (Å²) in [6.45, 7) is 7.41. The molecule has 0 radical (unpaired) electrons. The minimum atomic E-state index is -4.50. The second-order valence-electron chi connectivity index (χ2n) is 11.7. The van der Waals surface area contributed by atoms with Gasteiger partial charge in [0.1, 0.15) is 18.4 Å². The van der Waals surface area contributed by atoms with Crippen LogP contribution >= 0.6 is 0 Å². The molecule has 1 aliphatic carbocycles. The van der Waals surface area contributed by atoms with E-state index in [1.807, 2.05) is 17.7 Å². The molecule has 1 saturated carbocycles. The number of hydrogen-bond acceptors (Lipinski definition) is 6. The topological polar surface area (TPSA) is 83.4 Å². The van der Waals surface area contributed by atoms with Crippen molar-refractivity contribution >= 4 is 17.9 Å². The van der Waals surface area contributed by atoms with Gasteiger partial charge in [0.15, 0.2) is 0 Å². The number of aromatic nitrogens is 3. The van der Waals surface area contributed by atoms with Crippen LogP contribution in [0.15, 0.2) is 61.4 Å². The summed E-state index contributed by atoms with van der Waals surface area (Å²) in [5.74, 6) is 2.34. The molecule has 3 aliphatic rings. The minimum Gasteiger partial charge on any atom is -0.320 e. The first-order chi connectivity index (χ1) is 21.0. The zero-order valence-electron chi connectivity index (χ0n) is 25.6. The van der Waals surface area contributed by atoms with Crippen molar-refractivity contribution in [3.63, 3.8) is 0 Å². The van der Waals surface area contributed by atoms with Gasteiger partial charge in [-0.3, -0.25) is 9.59 Å². The van der Waals surface area contributed by atoms with Crippen LogP contribution in [0.4, 0.5) is 18.9 Å². The summed E-state index contributed by atoms with van der Waals surface area (Å²) in [7, 11) is 4.08. The summed E-state index contributed by atoms with van der Waals surface area (Å²) >= 11 is 0. The number of fused-ring (bicyclic) bond motifs is 1. The number of amides is 1. The first-order valence-corrected chi connectivity index (χ1v) is 14.9. The molecule has 3 heterocycles. The Labute approximate surface area is 257 Å². The van der Waals surface area contributed by atoms with Crippen LogP contribution in [0.25, 0.3) is 0 Å². The molecule has 0 spiro atoms. The van der Waals surface area contributed by atoms with Crippen LogP contribution in [0.3, 0.4) is 0 Å². The second kappa shape index (κ2) is 14.8. The lowest BCUT2D eigenvalue weighted by molar-refractivity contribution is -0.138. The Hall–Kier alpha value is -3.83. The van der Waals surface area contributed by atoms with Gasteiger partial charge in [-0.2, -0.15) is 13.2 Å². The van der Waals surface area contributed by atoms with E-state index in [0.29, 0.717) is 36.0 Å². The Morgan fingerprint density at radius 1 is 1.14 bits per heavy atom. The number of carbonyl (C=O) groups is 2. The summed E-state index contributed by atoms with van der Waals surface area (Å²) < 4.78 is 43.3. The minimum absolute atomic E-state index is 0.0608. The first kappa shape index (κ1) is 33.1. The summed E-state index contributed by atoms with van der Waals surface area (Å²) in [6.07, 6.45) is 3.91. The first-order valence-electron chi connectivity index (χ1n) is 14.9. The number of allylic oxidation sites excluding steroid dienone is 1. The van der Waals surface area contributed by atoms with E-state index < -0.39 is 11.7 Å². The molecule has 11 heteroatoms. The summed E-state index contributed by atoms with van der Waals surface area (Å²) in [4.78, 5) is 25.6. The maximum absolute atomic E-state index is 13.7. The van der Waals surface area contributed by atoms with E-state index in [4.69, 9.17) is 4.79 Å². The standard InChI is InChI=1S/C22H24F3N3O.C8H13N3.C3H4O/c1-27-9-5-8-17(27)13-26-12-15-10-18-19(20(11-15)22(23,24)25)14-28(21(18)29)16-6-3-2-4-7-16;1-6-3-7(4-6)8-10-9-5-11(8)2;1-2-3-4/h2-4,6-7,10-11,17,26H,5,8-9,12-14H2,1H3;5-7H,3-4H2,1-2H3;2-3H,1H2. The monoisotopic (exact) mass is 610 g/mol. The zero-order chi connectivity index (χ0) is 31.9. The van der Waals surface area contributed by atoms with E-state index in [1.165, 1.54) is 29.9 Å². The van der Waals surface area contributed by atoms with Crippen molar-refractivity contribution in [2.24, 2.45) is 13.0 Å². The van der Waals surface area contributed by atoms with Crippen LogP contribution in [-0.4, -0.2) is 58.0 Å². The lowest BCUT2D eigenvalue weighted by atomic mass is 9.76. The lowest BCUT2D eigenvalue weighted by Crippen LogP contribution is -2.35. The quantitative estimate of drug-likeness (QED) is 0.271. The summed E-state index contributed by atoms with van der Waals surface area (Å²) in [6, 6.07) is 12.0. The number of likely N-dealkylation sites (N-methyl/N-ethyl adjacent to an activating group) is 1. The normalized spacial score (nSPS) is 21.0. The largest absolute Gasteiger partial charge is 0.416 e. The summed E-state index contributed by atoms with van der Waals surface area (Å²) in [5.41, 5.74) is 0.589. The highest BCUT2D eigenvalue weighted by atomic mass is 19.4. The molecule has 0 bridgehead atoms. The predicted octanol–water partition coefficient (Wildman–Crippen LogP) is 5.75. The molecule has 1 atom stereocenters. The fourth-order valence-electron chi connectivity index (χ4n) is 6.03. The molecule has 3 aromatic rings. The highest BCUT2D eigenvalue weighted by Gasteiger charge is 2.40. The number of aryl methyl sites for hydroxylation is 1. The number of anilines is 1. The maximum atomic E-state index is 13.7. The number of halogens is 3. The SMILES string of the molecule is C=CC=O.CC1CC(c2nncn2C)C1.CN1CCCC1CNCc1cc2c(c(C(F)(F)F)c1)CN(c1ccccc1)C2=O. The molecular weight excluding hydrogens is 569 g/mol. The number of hydrogen-bond donors (Lipinski definition) is 1. The average Bonchev–Trinajstić information content (AvgIpc) is 3.70. The van der Waals surface area contributed by atoms with Crippen LogP contribution in [0, 0.1) is 5.92 Å². The van der Waals surface area contributed by atoms with E-state index >= 15 is 0 Å². The molecule has 1 amide bonds. The van der Waals surface area contributed by atoms with Gasteiger partial charge in [-0.15, -0.1) is 10.2 Å². The molecule has 8 nitrogen and oxygen atoms in total. The van der Waals surface area contributed by atoms with Crippen molar-refractivity contribution in [3.8, 4) is 0 Å². The van der Waals surface area contributed by atoms with Crippen LogP contribution in [0.2, 0.25) is 0 Å². The van der Waals surface area contributed by atoms with Crippen molar-refractivity contribution in [1.29, 1.82) is 0 Å². The third-order valence-corrected chi connectivity index (χ3v) is 8.44. The number of carbonyl (C=O) groups excluding carboxylic acids is 2. The Kier molecular flexibility index (Phi) is 11.1. The van der Waals surface area contributed by atoms with Gasteiger partial charge >= 0.3 is 6.18 Å². The molecule has 44 heavy (non-hydrogen) atoms. The Balaban J connectivity index is 0.000000242. The van der Waals surface area contributed by atoms with Gasteiger partial charge in [0.25, 0.3) is 5.91 Å². The van der Waals surface area contributed by atoms with Crippen molar-refractivity contribution in [3.05, 3.63) is 89.5 Å². The zero-order valence-corrected chi connectivity index (χ0v) is 25.6. The van der Waals surface area contributed by atoms with Crippen LogP contribution < -0.4 is 10.2 Å². The van der Waals surface area contributed by atoms with Gasteiger partial charge in [-0.25, -0.2) is 0 Å². The number of nitrogens with one attached hydrogen (secondary N) is 1. The third kappa shape index (κ3) is 8.00. The average molecular weight is 611 g/mol. The van der Waals surface area contributed by atoms with Gasteiger partial charge in [0, 0.05) is 43.3 Å².